The predicted molar refractivity (Wildman–Crippen MR) is 113 cm³/mol. The first-order chi connectivity index (χ1) is 12.6. The van der Waals surface area contributed by atoms with Gasteiger partial charge < -0.3 is 10.2 Å². The highest BCUT2D eigenvalue weighted by Gasteiger charge is 2.40. The number of nitrogens with one attached hydrogen (secondary N) is 1. The largest absolute Gasteiger partial charge is 0.334 e. The molecule has 2 fully saturated rings. The monoisotopic (exact) mass is 406 g/mol. The van der Waals surface area contributed by atoms with Crippen LogP contribution in [-0.4, -0.2) is 51.7 Å². The van der Waals surface area contributed by atoms with E-state index in [1.54, 1.807) is 0 Å². The molecule has 1 N–H and O–H groups in total. The molecule has 146 valence electrons. The molecule has 2 aliphatic rings. The molecule has 1 unspecified atom stereocenters. The van der Waals surface area contributed by atoms with Crippen LogP contribution in [0.2, 0.25) is 0 Å². The third-order valence-electron chi connectivity index (χ3n) is 5.56. The average molecular weight is 407 g/mol. The molecule has 0 saturated carbocycles. The van der Waals surface area contributed by atoms with E-state index in [9.17, 15) is 4.79 Å². The molecule has 1 aromatic carbocycles. The van der Waals surface area contributed by atoms with Crippen LogP contribution in [0.3, 0.4) is 0 Å². The first-order valence-electron chi connectivity index (χ1n) is 9.27. The van der Waals surface area contributed by atoms with Gasteiger partial charge in [-0.1, -0.05) is 29.8 Å². The van der Waals surface area contributed by atoms with Crippen LogP contribution in [-0.2, 0) is 11.8 Å². The third kappa shape index (κ3) is 4.18. The van der Waals surface area contributed by atoms with Crippen molar-refractivity contribution in [1.29, 1.82) is 0 Å². The summed E-state index contributed by atoms with van der Waals surface area (Å²) in [5, 5.41) is 7.72. The molecule has 2 aromatic rings. The molecule has 3 heterocycles. The standard InChI is InChI=1S/C20H26N4OS.ClH/c1-14-3-5-15(6-4-14)19-13-26-8-7-24(19)20(25)18-11-21-10-17(18)16-9-22-23(2)12-16;/h3-6,9,12,17-19,21H,7-8,10-11,13H2,1-2H3;1H/t17-,18+,19?;/m1./s1. The van der Waals surface area contributed by atoms with Crippen molar-refractivity contribution in [3.05, 3.63) is 53.3 Å². The lowest BCUT2D eigenvalue weighted by Crippen LogP contribution is -2.45. The zero-order valence-corrected chi connectivity index (χ0v) is 17.4. The number of aromatic nitrogens is 2. The molecule has 0 aliphatic carbocycles. The second-order valence-corrected chi connectivity index (χ2v) is 8.50. The number of halogens is 1. The minimum Gasteiger partial charge on any atom is -0.334 e. The number of hydrogen-bond acceptors (Lipinski definition) is 4. The highest BCUT2D eigenvalue weighted by Crippen LogP contribution is 2.35. The summed E-state index contributed by atoms with van der Waals surface area (Å²) in [5.41, 5.74) is 3.67. The second-order valence-electron chi connectivity index (χ2n) is 7.35. The number of amides is 1. The SMILES string of the molecule is Cc1ccc(C2CSCCN2C(=O)[C@H]2CNC[C@@H]2c2cnn(C)c2)cc1.Cl. The van der Waals surface area contributed by atoms with E-state index >= 15 is 0 Å². The highest BCUT2D eigenvalue weighted by molar-refractivity contribution is 7.99. The van der Waals surface area contributed by atoms with Gasteiger partial charge >= 0.3 is 0 Å². The van der Waals surface area contributed by atoms with E-state index in [-0.39, 0.29) is 36.2 Å². The quantitative estimate of drug-likeness (QED) is 0.851. The van der Waals surface area contributed by atoms with Crippen molar-refractivity contribution in [3.8, 4) is 0 Å². The summed E-state index contributed by atoms with van der Waals surface area (Å²) in [6, 6.07) is 8.83. The van der Waals surface area contributed by atoms with Gasteiger partial charge in [-0.25, -0.2) is 0 Å². The molecule has 2 aliphatic heterocycles. The van der Waals surface area contributed by atoms with Gasteiger partial charge in [-0.3, -0.25) is 9.48 Å². The van der Waals surface area contributed by atoms with E-state index in [0.717, 1.165) is 36.7 Å². The van der Waals surface area contributed by atoms with Gasteiger partial charge in [-0.2, -0.15) is 16.9 Å². The summed E-state index contributed by atoms with van der Waals surface area (Å²) in [7, 11) is 1.93. The maximum Gasteiger partial charge on any atom is 0.228 e. The van der Waals surface area contributed by atoms with E-state index in [1.807, 2.05) is 35.9 Å². The van der Waals surface area contributed by atoms with Gasteiger partial charge in [0.1, 0.15) is 0 Å². The number of hydrogen-bond donors (Lipinski definition) is 1. The number of aryl methyl sites for hydroxylation is 2. The molecular weight excluding hydrogens is 380 g/mol. The number of nitrogens with zero attached hydrogens (tertiary/aromatic N) is 3. The highest BCUT2D eigenvalue weighted by atomic mass is 35.5. The number of carbonyl (C=O) groups is 1. The van der Waals surface area contributed by atoms with Crippen molar-refractivity contribution in [3.63, 3.8) is 0 Å². The minimum absolute atomic E-state index is 0. The Morgan fingerprint density at radius 3 is 2.70 bits per heavy atom. The fourth-order valence-corrected chi connectivity index (χ4v) is 5.15. The number of rotatable bonds is 3. The minimum atomic E-state index is -0.00440. The van der Waals surface area contributed by atoms with E-state index in [0.29, 0.717) is 0 Å². The number of benzene rings is 1. The van der Waals surface area contributed by atoms with Crippen molar-refractivity contribution in [2.45, 2.75) is 18.9 Å². The summed E-state index contributed by atoms with van der Waals surface area (Å²) in [6.45, 7) is 4.53. The van der Waals surface area contributed by atoms with E-state index in [2.05, 4.69) is 46.5 Å². The van der Waals surface area contributed by atoms with Crippen LogP contribution >= 0.6 is 24.2 Å². The molecule has 0 radical (unpaired) electrons. The van der Waals surface area contributed by atoms with Crippen LogP contribution in [0.5, 0.6) is 0 Å². The van der Waals surface area contributed by atoms with Crippen molar-refractivity contribution in [2.24, 2.45) is 13.0 Å². The smallest absolute Gasteiger partial charge is 0.228 e. The van der Waals surface area contributed by atoms with Crippen LogP contribution in [0.1, 0.15) is 28.7 Å². The number of thioether (sulfide) groups is 1. The number of carbonyl (C=O) groups excluding carboxylic acids is 1. The molecule has 7 heteroatoms. The van der Waals surface area contributed by atoms with Crippen LogP contribution < -0.4 is 5.32 Å². The lowest BCUT2D eigenvalue weighted by atomic mass is 9.89. The molecule has 1 amide bonds. The molecule has 0 bridgehead atoms. The average Bonchev–Trinajstić information content (AvgIpc) is 3.30. The van der Waals surface area contributed by atoms with Crippen LogP contribution in [0.25, 0.3) is 0 Å². The molecule has 27 heavy (non-hydrogen) atoms. The fraction of sp³-hybridized carbons (Fsp3) is 0.500. The summed E-state index contributed by atoms with van der Waals surface area (Å²) >= 11 is 1.94. The Hall–Kier alpha value is -1.50. The topological polar surface area (TPSA) is 50.2 Å². The Balaban J connectivity index is 0.00000210. The van der Waals surface area contributed by atoms with Gasteiger partial charge in [-0.15, -0.1) is 12.4 Å². The zero-order valence-electron chi connectivity index (χ0n) is 15.8. The lowest BCUT2D eigenvalue weighted by molar-refractivity contribution is -0.137. The molecule has 0 spiro atoms. The predicted octanol–water partition coefficient (Wildman–Crippen LogP) is 2.77. The van der Waals surface area contributed by atoms with Crippen molar-refractivity contribution in [2.75, 3.05) is 31.1 Å². The second kappa shape index (κ2) is 8.67. The van der Waals surface area contributed by atoms with Gasteiger partial charge in [0.05, 0.1) is 18.2 Å². The normalized spacial score (nSPS) is 25.3. The Labute approximate surface area is 171 Å². The molecule has 2 saturated heterocycles. The van der Waals surface area contributed by atoms with Gasteiger partial charge in [0.25, 0.3) is 0 Å². The molecular formula is C20H27ClN4OS. The maximum absolute atomic E-state index is 13.5. The van der Waals surface area contributed by atoms with Gasteiger partial charge in [-0.05, 0) is 18.1 Å². The zero-order chi connectivity index (χ0) is 18.1. The summed E-state index contributed by atoms with van der Waals surface area (Å²) in [5.74, 6) is 2.49. The summed E-state index contributed by atoms with van der Waals surface area (Å²) in [4.78, 5) is 15.6. The Morgan fingerprint density at radius 2 is 2.00 bits per heavy atom. The van der Waals surface area contributed by atoms with Crippen LogP contribution in [0.4, 0.5) is 0 Å². The van der Waals surface area contributed by atoms with Crippen LogP contribution in [0, 0.1) is 12.8 Å². The van der Waals surface area contributed by atoms with Crippen molar-refractivity contribution in [1.82, 2.24) is 20.0 Å². The Morgan fingerprint density at radius 1 is 1.22 bits per heavy atom. The first kappa shape index (κ1) is 20.2. The van der Waals surface area contributed by atoms with E-state index in [4.69, 9.17) is 0 Å². The molecule has 4 rings (SSSR count). The van der Waals surface area contributed by atoms with Crippen molar-refractivity contribution < 1.29 is 4.79 Å². The van der Waals surface area contributed by atoms with E-state index in [1.165, 1.54) is 11.1 Å². The van der Waals surface area contributed by atoms with E-state index < -0.39 is 0 Å². The lowest BCUT2D eigenvalue weighted by Gasteiger charge is -2.38. The Kier molecular flexibility index (Phi) is 6.50. The van der Waals surface area contributed by atoms with Crippen molar-refractivity contribution >= 4 is 30.1 Å². The maximum atomic E-state index is 13.5. The summed E-state index contributed by atoms with van der Waals surface area (Å²) < 4.78 is 1.82. The van der Waals surface area contributed by atoms with Crippen LogP contribution in [0.15, 0.2) is 36.7 Å². The molecule has 5 nitrogen and oxygen atoms in total. The Bertz CT molecular complexity index is 779. The van der Waals surface area contributed by atoms with Gasteiger partial charge in [0, 0.05) is 50.3 Å². The fourth-order valence-electron chi connectivity index (χ4n) is 4.07. The third-order valence-corrected chi connectivity index (χ3v) is 6.58. The summed E-state index contributed by atoms with van der Waals surface area (Å²) in [6.07, 6.45) is 3.95. The molecule has 1 aromatic heterocycles. The first-order valence-corrected chi connectivity index (χ1v) is 10.4. The van der Waals surface area contributed by atoms with Gasteiger partial charge in [0.15, 0.2) is 0 Å². The molecule has 3 atom stereocenters. The van der Waals surface area contributed by atoms with Gasteiger partial charge in [0.2, 0.25) is 5.91 Å².